The van der Waals surface area contributed by atoms with E-state index in [0.29, 0.717) is 17.2 Å². The molecular formula is C21H30N2O6. The Morgan fingerprint density at radius 3 is 2.34 bits per heavy atom. The zero-order valence-corrected chi connectivity index (χ0v) is 17.7. The van der Waals surface area contributed by atoms with Crippen LogP contribution >= 0.6 is 0 Å². The number of methoxy groups -OCH3 is 1. The van der Waals surface area contributed by atoms with Crippen molar-refractivity contribution < 1.29 is 24.0 Å². The maximum absolute atomic E-state index is 12.3. The Kier molecular flexibility index (Phi) is 7.21. The van der Waals surface area contributed by atoms with E-state index in [1.165, 1.54) is 19.2 Å². The SMILES string of the molecule is COc1cc(NC(=O)COC(=O)C2CCC(C(C)(C)C)CC2)c(C)cc1[N+](=O)[O-]. The minimum atomic E-state index is -0.548. The van der Waals surface area contributed by atoms with E-state index in [1.807, 2.05) is 0 Å². The number of hydrogen-bond acceptors (Lipinski definition) is 6. The molecule has 0 aromatic heterocycles. The number of nitro groups is 1. The summed E-state index contributed by atoms with van der Waals surface area (Å²) < 4.78 is 10.2. The van der Waals surface area contributed by atoms with Crippen molar-refractivity contribution in [3.05, 3.63) is 27.8 Å². The Bertz CT molecular complexity index is 776. The number of nitro benzene ring substituents is 1. The number of rotatable bonds is 6. The van der Waals surface area contributed by atoms with Crippen molar-refractivity contribution >= 4 is 23.3 Å². The van der Waals surface area contributed by atoms with E-state index in [9.17, 15) is 19.7 Å². The molecule has 1 aromatic carbocycles. The van der Waals surface area contributed by atoms with Crippen LogP contribution in [0.4, 0.5) is 11.4 Å². The molecule has 1 fully saturated rings. The van der Waals surface area contributed by atoms with Crippen LogP contribution in [0.15, 0.2) is 12.1 Å². The quantitative estimate of drug-likeness (QED) is 0.430. The van der Waals surface area contributed by atoms with Crippen molar-refractivity contribution in [3.63, 3.8) is 0 Å². The molecule has 0 aliphatic heterocycles. The molecule has 0 spiro atoms. The van der Waals surface area contributed by atoms with E-state index in [1.54, 1.807) is 6.92 Å². The maximum atomic E-state index is 12.3. The van der Waals surface area contributed by atoms with E-state index in [4.69, 9.17) is 9.47 Å². The molecule has 1 saturated carbocycles. The Morgan fingerprint density at radius 1 is 1.21 bits per heavy atom. The number of ether oxygens (including phenoxy) is 2. The van der Waals surface area contributed by atoms with Gasteiger partial charge in [0.25, 0.3) is 5.91 Å². The first-order valence-electron chi connectivity index (χ1n) is 9.82. The Labute approximate surface area is 171 Å². The van der Waals surface area contributed by atoms with E-state index in [0.717, 1.165) is 25.7 Å². The first-order chi connectivity index (χ1) is 13.5. The van der Waals surface area contributed by atoms with Gasteiger partial charge in [0.2, 0.25) is 0 Å². The van der Waals surface area contributed by atoms with Gasteiger partial charge in [-0.15, -0.1) is 0 Å². The molecule has 2 rings (SSSR count). The second kappa shape index (κ2) is 9.24. The molecule has 1 N–H and O–H groups in total. The van der Waals surface area contributed by atoms with Gasteiger partial charge >= 0.3 is 11.7 Å². The van der Waals surface area contributed by atoms with Crippen LogP contribution in [0.5, 0.6) is 5.75 Å². The summed E-state index contributed by atoms with van der Waals surface area (Å²) in [5.41, 5.74) is 0.940. The average molecular weight is 406 g/mol. The van der Waals surface area contributed by atoms with E-state index >= 15 is 0 Å². The first kappa shape index (κ1) is 22.6. The molecule has 1 aliphatic rings. The Balaban J connectivity index is 1.89. The fraction of sp³-hybridized carbons (Fsp3) is 0.619. The molecule has 1 aromatic rings. The van der Waals surface area contributed by atoms with Crippen molar-refractivity contribution in [2.45, 2.75) is 53.4 Å². The maximum Gasteiger partial charge on any atom is 0.311 e. The van der Waals surface area contributed by atoms with Crippen LogP contribution in [0.25, 0.3) is 0 Å². The third-order valence-corrected chi connectivity index (χ3v) is 5.63. The molecule has 29 heavy (non-hydrogen) atoms. The van der Waals surface area contributed by atoms with Gasteiger partial charge in [-0.25, -0.2) is 0 Å². The number of esters is 1. The zero-order chi connectivity index (χ0) is 21.8. The van der Waals surface area contributed by atoms with E-state index < -0.39 is 17.4 Å². The van der Waals surface area contributed by atoms with Crippen molar-refractivity contribution in [2.75, 3.05) is 19.0 Å². The van der Waals surface area contributed by atoms with Crippen LogP contribution < -0.4 is 10.1 Å². The van der Waals surface area contributed by atoms with Gasteiger partial charge in [0, 0.05) is 17.8 Å². The number of benzene rings is 1. The van der Waals surface area contributed by atoms with Crippen LogP contribution in [0.2, 0.25) is 0 Å². The van der Waals surface area contributed by atoms with Gasteiger partial charge in [0.15, 0.2) is 12.4 Å². The summed E-state index contributed by atoms with van der Waals surface area (Å²) in [4.78, 5) is 35.0. The highest BCUT2D eigenvalue weighted by atomic mass is 16.6. The van der Waals surface area contributed by atoms with E-state index in [2.05, 4.69) is 26.1 Å². The number of hydrogen-bond donors (Lipinski definition) is 1. The van der Waals surface area contributed by atoms with Crippen LogP contribution in [-0.4, -0.2) is 30.5 Å². The third-order valence-electron chi connectivity index (χ3n) is 5.63. The normalized spacial score (nSPS) is 19.3. The number of carbonyl (C=O) groups is 2. The molecule has 0 atom stereocenters. The number of aryl methyl sites for hydroxylation is 1. The number of carbonyl (C=O) groups excluding carboxylic acids is 2. The van der Waals surface area contributed by atoms with Crippen molar-refractivity contribution in [1.29, 1.82) is 0 Å². The molecule has 8 nitrogen and oxygen atoms in total. The summed E-state index contributed by atoms with van der Waals surface area (Å²) >= 11 is 0. The monoisotopic (exact) mass is 406 g/mol. The minimum Gasteiger partial charge on any atom is -0.490 e. The van der Waals surface area contributed by atoms with Crippen molar-refractivity contribution in [3.8, 4) is 5.75 Å². The first-order valence-corrected chi connectivity index (χ1v) is 9.82. The van der Waals surface area contributed by atoms with Gasteiger partial charge in [-0.05, 0) is 49.5 Å². The fourth-order valence-electron chi connectivity index (χ4n) is 3.75. The lowest BCUT2D eigenvalue weighted by atomic mass is 9.70. The highest BCUT2D eigenvalue weighted by Gasteiger charge is 2.33. The van der Waals surface area contributed by atoms with Gasteiger partial charge < -0.3 is 14.8 Å². The topological polar surface area (TPSA) is 108 Å². The zero-order valence-electron chi connectivity index (χ0n) is 17.7. The molecule has 0 heterocycles. The lowest BCUT2D eigenvalue weighted by Crippen LogP contribution is -2.31. The summed E-state index contributed by atoms with van der Waals surface area (Å²) in [5, 5.41) is 13.7. The van der Waals surface area contributed by atoms with Crippen LogP contribution in [0, 0.1) is 34.3 Å². The largest absolute Gasteiger partial charge is 0.490 e. The second-order valence-electron chi connectivity index (χ2n) is 8.67. The molecule has 0 bridgehead atoms. The number of nitrogens with zero attached hydrogens (tertiary/aromatic N) is 1. The number of amides is 1. The molecular weight excluding hydrogens is 376 g/mol. The van der Waals surface area contributed by atoms with Gasteiger partial charge in [-0.1, -0.05) is 20.8 Å². The summed E-state index contributed by atoms with van der Waals surface area (Å²) in [6.45, 7) is 7.90. The van der Waals surface area contributed by atoms with Gasteiger partial charge in [0.05, 0.1) is 18.0 Å². The Morgan fingerprint density at radius 2 is 1.83 bits per heavy atom. The van der Waals surface area contributed by atoms with E-state index in [-0.39, 0.29) is 28.7 Å². The predicted molar refractivity (Wildman–Crippen MR) is 109 cm³/mol. The lowest BCUT2D eigenvalue weighted by Gasteiger charge is -2.36. The van der Waals surface area contributed by atoms with Gasteiger partial charge in [-0.2, -0.15) is 0 Å². The minimum absolute atomic E-state index is 0.0449. The lowest BCUT2D eigenvalue weighted by molar-refractivity contribution is -0.385. The molecule has 0 saturated heterocycles. The molecule has 1 amide bonds. The Hall–Kier alpha value is -2.64. The van der Waals surface area contributed by atoms with Crippen LogP contribution in [0.1, 0.15) is 52.0 Å². The summed E-state index contributed by atoms with van der Waals surface area (Å²) in [6, 6.07) is 2.72. The van der Waals surface area contributed by atoms with Crippen molar-refractivity contribution in [1.82, 2.24) is 0 Å². The standard InChI is InChI=1S/C21H30N2O6/c1-13-10-17(23(26)27)18(28-5)11-16(13)22-19(24)12-29-20(25)14-6-8-15(9-7-14)21(2,3)4/h10-11,14-15H,6-9,12H2,1-5H3,(H,22,24). The fourth-order valence-corrected chi connectivity index (χ4v) is 3.75. The molecule has 0 unspecified atom stereocenters. The summed E-state index contributed by atoms with van der Waals surface area (Å²) in [7, 11) is 1.32. The molecule has 0 radical (unpaired) electrons. The highest BCUT2D eigenvalue weighted by molar-refractivity contribution is 5.94. The highest BCUT2D eigenvalue weighted by Crippen LogP contribution is 2.40. The molecule has 8 heteroatoms. The van der Waals surface area contributed by atoms with Crippen LogP contribution in [-0.2, 0) is 14.3 Å². The van der Waals surface area contributed by atoms with Gasteiger partial charge in [-0.3, -0.25) is 19.7 Å². The smallest absolute Gasteiger partial charge is 0.311 e. The molecule has 160 valence electrons. The van der Waals surface area contributed by atoms with Crippen molar-refractivity contribution in [2.24, 2.45) is 17.3 Å². The number of anilines is 1. The van der Waals surface area contributed by atoms with Gasteiger partial charge in [0.1, 0.15) is 0 Å². The summed E-state index contributed by atoms with van der Waals surface area (Å²) in [5.74, 6) is -0.368. The summed E-state index contributed by atoms with van der Waals surface area (Å²) in [6.07, 6.45) is 3.52. The number of nitrogens with one attached hydrogen (secondary N) is 1. The average Bonchev–Trinajstić information content (AvgIpc) is 2.66. The molecule has 1 aliphatic carbocycles. The predicted octanol–water partition coefficient (Wildman–Crippen LogP) is 4.25. The second-order valence-corrected chi connectivity index (χ2v) is 8.67. The third kappa shape index (κ3) is 5.92. The van der Waals surface area contributed by atoms with Crippen LogP contribution in [0.3, 0.4) is 0 Å².